The van der Waals surface area contributed by atoms with Gasteiger partial charge in [0.25, 0.3) is 0 Å². The molecule has 2 amide bonds. The lowest BCUT2D eigenvalue weighted by molar-refractivity contribution is -0.123. The molecule has 1 aromatic heterocycles. The van der Waals surface area contributed by atoms with Crippen molar-refractivity contribution < 1.29 is 14.3 Å². The highest BCUT2D eigenvalue weighted by molar-refractivity contribution is 7.14. The summed E-state index contributed by atoms with van der Waals surface area (Å²) in [5.74, 6) is 0.200. The molecule has 3 rings (SSSR count). The summed E-state index contributed by atoms with van der Waals surface area (Å²) in [5.41, 5.74) is 3.59. The van der Waals surface area contributed by atoms with E-state index in [-0.39, 0.29) is 24.8 Å². The number of carbonyl (C=O) groups excluding carboxylic acids is 2. The molecule has 2 N–H and O–H groups in total. The number of carbonyl (C=O) groups is 2. The van der Waals surface area contributed by atoms with Crippen LogP contribution in [0.3, 0.4) is 0 Å². The topological polar surface area (TPSA) is 80.3 Å². The van der Waals surface area contributed by atoms with Gasteiger partial charge in [-0.2, -0.15) is 0 Å². The van der Waals surface area contributed by atoms with E-state index in [4.69, 9.17) is 4.74 Å². The lowest BCUT2D eigenvalue weighted by Crippen LogP contribution is -2.33. The van der Waals surface area contributed by atoms with Crippen molar-refractivity contribution in [1.29, 1.82) is 0 Å². The quantitative estimate of drug-likeness (QED) is 0.642. The van der Waals surface area contributed by atoms with Gasteiger partial charge in [-0.15, -0.1) is 11.3 Å². The third-order valence-corrected chi connectivity index (χ3v) is 4.79. The molecule has 0 saturated heterocycles. The van der Waals surface area contributed by atoms with E-state index < -0.39 is 0 Å². The lowest BCUT2D eigenvalue weighted by Gasteiger charge is -2.07. The van der Waals surface area contributed by atoms with Crippen molar-refractivity contribution in [3.05, 3.63) is 65.0 Å². The summed E-state index contributed by atoms with van der Waals surface area (Å²) in [6.45, 7) is 1.89. The monoisotopic (exact) mass is 395 g/mol. The molecule has 0 radical (unpaired) electrons. The maximum absolute atomic E-state index is 12.1. The zero-order chi connectivity index (χ0) is 19.9. The maximum Gasteiger partial charge on any atom is 0.245 e. The van der Waals surface area contributed by atoms with Crippen LogP contribution in [0.25, 0.3) is 11.3 Å². The van der Waals surface area contributed by atoms with Crippen LogP contribution < -0.4 is 15.4 Å². The fraction of sp³-hybridized carbons (Fsp3) is 0.190. The van der Waals surface area contributed by atoms with E-state index in [0.717, 1.165) is 28.1 Å². The number of hydrogen-bond acceptors (Lipinski definition) is 5. The first-order chi connectivity index (χ1) is 13.5. The molecular weight excluding hydrogens is 374 g/mol. The Balaban J connectivity index is 1.56. The Labute approximate surface area is 167 Å². The van der Waals surface area contributed by atoms with Gasteiger partial charge in [-0.25, -0.2) is 4.98 Å². The van der Waals surface area contributed by atoms with Crippen molar-refractivity contribution >= 4 is 28.3 Å². The summed E-state index contributed by atoms with van der Waals surface area (Å²) < 4.78 is 5.39. The highest BCUT2D eigenvalue weighted by atomic mass is 32.1. The molecule has 144 valence electrons. The normalized spacial score (nSPS) is 10.4. The number of methoxy groups -OCH3 is 1. The Bertz CT molecular complexity index is 970. The second kappa shape index (κ2) is 9.14. The number of hydrogen-bond donors (Lipinski definition) is 2. The summed E-state index contributed by atoms with van der Waals surface area (Å²) in [5, 5.41) is 7.67. The second-order valence-electron chi connectivity index (χ2n) is 6.23. The molecule has 28 heavy (non-hydrogen) atoms. The van der Waals surface area contributed by atoms with Crippen LogP contribution in [-0.2, 0) is 16.0 Å². The molecule has 1 heterocycles. The van der Waals surface area contributed by atoms with Crippen molar-refractivity contribution in [3.63, 3.8) is 0 Å². The molecule has 0 aliphatic carbocycles. The van der Waals surface area contributed by atoms with Crippen molar-refractivity contribution in [3.8, 4) is 17.0 Å². The zero-order valence-electron chi connectivity index (χ0n) is 15.7. The van der Waals surface area contributed by atoms with Crippen LogP contribution in [0, 0.1) is 6.92 Å². The minimum Gasteiger partial charge on any atom is -0.496 e. The Morgan fingerprint density at radius 3 is 2.64 bits per heavy atom. The maximum atomic E-state index is 12.1. The van der Waals surface area contributed by atoms with Gasteiger partial charge in [-0.3, -0.25) is 9.59 Å². The number of ether oxygens (including phenoxy) is 1. The molecule has 3 aromatic rings. The molecule has 0 saturated carbocycles. The highest BCUT2D eigenvalue weighted by Crippen LogP contribution is 2.32. The van der Waals surface area contributed by atoms with Gasteiger partial charge in [0.05, 0.1) is 25.8 Å². The molecule has 0 unspecified atom stereocenters. The van der Waals surface area contributed by atoms with E-state index in [2.05, 4.69) is 15.6 Å². The number of rotatable bonds is 7. The minimum atomic E-state index is -0.321. The van der Waals surface area contributed by atoms with E-state index in [1.165, 1.54) is 11.3 Å². The summed E-state index contributed by atoms with van der Waals surface area (Å²) >= 11 is 1.32. The molecule has 0 spiro atoms. The summed E-state index contributed by atoms with van der Waals surface area (Å²) in [4.78, 5) is 28.5. The van der Waals surface area contributed by atoms with E-state index >= 15 is 0 Å². The lowest BCUT2D eigenvalue weighted by atomic mass is 10.1. The van der Waals surface area contributed by atoms with Gasteiger partial charge in [0.15, 0.2) is 5.13 Å². The number of aryl methyl sites for hydroxylation is 1. The van der Waals surface area contributed by atoms with Crippen LogP contribution >= 0.6 is 11.3 Å². The largest absolute Gasteiger partial charge is 0.496 e. The summed E-state index contributed by atoms with van der Waals surface area (Å²) in [6, 6.07) is 15.2. The molecule has 0 aliphatic rings. The fourth-order valence-corrected chi connectivity index (χ4v) is 3.39. The smallest absolute Gasteiger partial charge is 0.245 e. The van der Waals surface area contributed by atoms with E-state index in [0.29, 0.717) is 5.13 Å². The van der Waals surface area contributed by atoms with Crippen LogP contribution in [0.2, 0.25) is 0 Å². The van der Waals surface area contributed by atoms with E-state index in [1.807, 2.05) is 60.8 Å². The Morgan fingerprint density at radius 1 is 1.11 bits per heavy atom. The van der Waals surface area contributed by atoms with Gasteiger partial charge >= 0.3 is 0 Å². The summed E-state index contributed by atoms with van der Waals surface area (Å²) in [7, 11) is 1.61. The molecule has 2 aromatic carbocycles. The fourth-order valence-electron chi connectivity index (χ4n) is 2.66. The predicted octanol–water partition coefficient (Wildman–Crippen LogP) is 3.42. The number of nitrogens with zero attached hydrogens (tertiary/aromatic N) is 1. The minimum absolute atomic E-state index is 0.103. The van der Waals surface area contributed by atoms with Crippen molar-refractivity contribution in [2.75, 3.05) is 19.0 Å². The van der Waals surface area contributed by atoms with E-state index in [9.17, 15) is 9.59 Å². The average molecular weight is 395 g/mol. The van der Waals surface area contributed by atoms with E-state index in [1.54, 1.807) is 7.11 Å². The standard InChI is InChI=1S/C21H21N3O3S/c1-14-8-9-18(27-2)16(10-14)17-13-28-21(23-17)24-20(26)12-22-19(25)11-15-6-4-3-5-7-15/h3-10,13H,11-12H2,1-2H3,(H,22,25)(H,23,24,26). The summed E-state index contributed by atoms with van der Waals surface area (Å²) in [6.07, 6.45) is 0.239. The Kier molecular flexibility index (Phi) is 6.39. The van der Waals surface area contributed by atoms with Crippen LogP contribution in [0.1, 0.15) is 11.1 Å². The number of anilines is 1. The first-order valence-electron chi connectivity index (χ1n) is 8.76. The molecule has 7 heteroatoms. The highest BCUT2D eigenvalue weighted by Gasteiger charge is 2.13. The Hall–Kier alpha value is -3.19. The number of amides is 2. The number of thiazole rings is 1. The number of aromatic nitrogens is 1. The van der Waals surface area contributed by atoms with Crippen LogP contribution in [0.15, 0.2) is 53.9 Å². The van der Waals surface area contributed by atoms with Gasteiger partial charge in [-0.05, 0) is 24.6 Å². The second-order valence-corrected chi connectivity index (χ2v) is 7.09. The first-order valence-corrected chi connectivity index (χ1v) is 9.64. The molecule has 6 nitrogen and oxygen atoms in total. The molecular formula is C21H21N3O3S. The van der Waals surface area contributed by atoms with Gasteiger partial charge in [0, 0.05) is 10.9 Å². The average Bonchev–Trinajstić information content (AvgIpc) is 3.15. The molecule has 0 fully saturated rings. The van der Waals surface area contributed by atoms with Gasteiger partial charge < -0.3 is 15.4 Å². The van der Waals surface area contributed by atoms with Crippen LogP contribution in [0.5, 0.6) is 5.75 Å². The van der Waals surface area contributed by atoms with Gasteiger partial charge in [-0.1, -0.05) is 42.0 Å². The predicted molar refractivity (Wildman–Crippen MR) is 111 cm³/mol. The Morgan fingerprint density at radius 2 is 1.89 bits per heavy atom. The number of nitrogens with one attached hydrogen (secondary N) is 2. The first kappa shape index (κ1) is 19.6. The van der Waals surface area contributed by atoms with Crippen LogP contribution in [-0.4, -0.2) is 30.5 Å². The SMILES string of the molecule is COc1ccc(C)cc1-c1csc(NC(=O)CNC(=O)Cc2ccccc2)n1. The van der Waals surface area contributed by atoms with Crippen molar-refractivity contribution in [1.82, 2.24) is 10.3 Å². The zero-order valence-corrected chi connectivity index (χ0v) is 16.5. The third kappa shape index (κ3) is 5.17. The molecule has 0 aliphatic heterocycles. The van der Waals surface area contributed by atoms with Gasteiger partial charge in [0.1, 0.15) is 5.75 Å². The van der Waals surface area contributed by atoms with Crippen LogP contribution in [0.4, 0.5) is 5.13 Å². The van der Waals surface area contributed by atoms with Gasteiger partial charge in [0.2, 0.25) is 11.8 Å². The van der Waals surface area contributed by atoms with Crippen molar-refractivity contribution in [2.24, 2.45) is 0 Å². The number of benzene rings is 2. The molecule has 0 bridgehead atoms. The molecule has 0 atom stereocenters. The third-order valence-electron chi connectivity index (χ3n) is 4.04. The van der Waals surface area contributed by atoms with Crippen molar-refractivity contribution in [2.45, 2.75) is 13.3 Å².